The highest BCUT2D eigenvalue weighted by molar-refractivity contribution is 6.11. The predicted molar refractivity (Wildman–Crippen MR) is 224 cm³/mol. The fourth-order valence-corrected chi connectivity index (χ4v) is 7.63. The van der Waals surface area contributed by atoms with Gasteiger partial charge in [-0.3, -0.25) is 0 Å². The summed E-state index contributed by atoms with van der Waals surface area (Å²) in [6.07, 6.45) is 0. The van der Waals surface area contributed by atoms with Crippen molar-refractivity contribution in [3.63, 3.8) is 0 Å². The molecule has 0 saturated carbocycles. The number of fused-ring (bicyclic) bond motifs is 6. The molecule has 0 saturated heterocycles. The van der Waals surface area contributed by atoms with E-state index >= 15 is 0 Å². The highest BCUT2D eigenvalue weighted by Crippen LogP contribution is 2.39. The Morgan fingerprint density at radius 2 is 0.893 bits per heavy atom. The van der Waals surface area contributed by atoms with Crippen LogP contribution in [-0.4, -0.2) is 29.5 Å². The molecule has 7 nitrogen and oxygen atoms in total. The first-order valence-electron chi connectivity index (χ1n) is 18.5. The first-order valence-corrected chi connectivity index (χ1v) is 18.5. The lowest BCUT2D eigenvalue weighted by Crippen LogP contribution is -2.00. The molecule has 0 radical (unpaired) electrons. The van der Waals surface area contributed by atoms with E-state index in [2.05, 4.69) is 89.5 Å². The van der Waals surface area contributed by atoms with Crippen LogP contribution in [0.4, 0.5) is 0 Å². The van der Waals surface area contributed by atoms with Crippen LogP contribution in [0.2, 0.25) is 0 Å². The van der Waals surface area contributed by atoms with Crippen molar-refractivity contribution >= 4 is 43.9 Å². The van der Waals surface area contributed by atoms with Crippen LogP contribution in [0.5, 0.6) is 0 Å². The van der Waals surface area contributed by atoms with Gasteiger partial charge in [0.25, 0.3) is 0 Å². The summed E-state index contributed by atoms with van der Waals surface area (Å²) in [6, 6.07) is 61.7. The maximum absolute atomic E-state index is 6.54. The molecule has 0 bridgehead atoms. The summed E-state index contributed by atoms with van der Waals surface area (Å²) in [5, 5.41) is 3.23. The van der Waals surface area contributed by atoms with E-state index in [0.717, 1.165) is 71.8 Å². The minimum atomic E-state index is 0.565. The second kappa shape index (κ2) is 13.0. The first kappa shape index (κ1) is 31.7. The second-order valence-electron chi connectivity index (χ2n) is 13.7. The maximum Gasteiger partial charge on any atom is 0.180 e. The van der Waals surface area contributed by atoms with Crippen LogP contribution in [0.3, 0.4) is 0 Å². The van der Waals surface area contributed by atoms with Gasteiger partial charge in [-0.05, 0) is 54.6 Å². The summed E-state index contributed by atoms with van der Waals surface area (Å²) < 4.78 is 8.85. The molecule has 0 N–H and O–H groups in total. The van der Waals surface area contributed by atoms with Crippen LogP contribution in [0.1, 0.15) is 0 Å². The second-order valence-corrected chi connectivity index (χ2v) is 13.7. The van der Waals surface area contributed by atoms with Crippen LogP contribution < -0.4 is 0 Å². The maximum atomic E-state index is 6.54. The van der Waals surface area contributed by atoms with Gasteiger partial charge in [-0.15, -0.1) is 0 Å². The molecule has 11 aromatic rings. The Labute approximate surface area is 321 Å². The van der Waals surface area contributed by atoms with Gasteiger partial charge < -0.3 is 8.98 Å². The van der Waals surface area contributed by atoms with Gasteiger partial charge in [0.2, 0.25) is 0 Å². The highest BCUT2D eigenvalue weighted by atomic mass is 16.3. The van der Waals surface area contributed by atoms with E-state index in [1.54, 1.807) is 0 Å². The molecule has 7 aromatic carbocycles. The van der Waals surface area contributed by atoms with Crippen molar-refractivity contribution in [1.82, 2.24) is 29.5 Å². The molecule has 11 rings (SSSR count). The van der Waals surface area contributed by atoms with Crippen LogP contribution in [0.25, 0.3) is 106 Å². The molecule has 0 spiro atoms. The van der Waals surface area contributed by atoms with Crippen LogP contribution in [0, 0.1) is 0 Å². The summed E-state index contributed by atoms with van der Waals surface area (Å²) in [6.45, 7) is 0. The number of furan rings is 1. The standard InChI is InChI=1S/C49H30N6O/c1-4-15-31(16-5-1)46-52-47(32-17-6-2-7-18-32)54-49(53-46)34-20-14-19-33(29-34)43-45-44(38-24-11-13-26-42(38)56-45)51-48(50-43)35-27-28-41-39(30-35)37-23-10-12-25-40(37)55(41)36-21-8-3-9-22-36/h1-30H. The van der Waals surface area contributed by atoms with Crippen molar-refractivity contribution in [2.75, 3.05) is 0 Å². The summed E-state index contributed by atoms with van der Waals surface area (Å²) in [5.74, 6) is 2.39. The Kier molecular flexibility index (Phi) is 7.35. The van der Waals surface area contributed by atoms with E-state index in [1.165, 1.54) is 0 Å². The third-order valence-electron chi connectivity index (χ3n) is 10.3. The molecule has 56 heavy (non-hydrogen) atoms. The van der Waals surface area contributed by atoms with E-state index in [-0.39, 0.29) is 0 Å². The Balaban J connectivity index is 1.10. The minimum Gasteiger partial charge on any atom is -0.452 e. The first-order chi connectivity index (χ1) is 27.7. The smallest absolute Gasteiger partial charge is 0.180 e. The van der Waals surface area contributed by atoms with Crippen LogP contribution in [0.15, 0.2) is 186 Å². The number of aromatic nitrogens is 6. The Hall–Kier alpha value is -7.77. The lowest BCUT2D eigenvalue weighted by molar-refractivity contribution is 0.667. The van der Waals surface area contributed by atoms with Crippen molar-refractivity contribution in [3.05, 3.63) is 182 Å². The van der Waals surface area contributed by atoms with Crippen LogP contribution >= 0.6 is 0 Å². The third kappa shape index (κ3) is 5.33. The Bertz CT molecular complexity index is 3190. The van der Waals surface area contributed by atoms with Crippen molar-refractivity contribution in [1.29, 1.82) is 0 Å². The van der Waals surface area contributed by atoms with Gasteiger partial charge in [0.05, 0.1) is 11.0 Å². The molecule has 262 valence electrons. The number of para-hydroxylation sites is 3. The fourth-order valence-electron chi connectivity index (χ4n) is 7.63. The molecule has 0 amide bonds. The summed E-state index contributed by atoms with van der Waals surface area (Å²) in [5.41, 5.74) is 10.6. The van der Waals surface area contributed by atoms with E-state index in [9.17, 15) is 0 Å². The average molecular weight is 719 g/mol. The van der Waals surface area contributed by atoms with E-state index in [4.69, 9.17) is 29.3 Å². The van der Waals surface area contributed by atoms with Crippen molar-refractivity contribution in [2.45, 2.75) is 0 Å². The largest absolute Gasteiger partial charge is 0.452 e. The quantitative estimate of drug-likeness (QED) is 0.170. The molecule has 0 aliphatic carbocycles. The number of nitrogens with zero attached hydrogens (tertiary/aromatic N) is 6. The Morgan fingerprint density at radius 3 is 1.62 bits per heavy atom. The van der Waals surface area contributed by atoms with Gasteiger partial charge in [-0.2, -0.15) is 0 Å². The zero-order chi connectivity index (χ0) is 37.0. The predicted octanol–water partition coefficient (Wildman–Crippen LogP) is 12.0. The average Bonchev–Trinajstić information content (AvgIpc) is 3.82. The number of benzene rings is 7. The van der Waals surface area contributed by atoms with E-state index in [0.29, 0.717) is 34.6 Å². The molecule has 4 heterocycles. The van der Waals surface area contributed by atoms with Gasteiger partial charge in [-0.1, -0.05) is 127 Å². The van der Waals surface area contributed by atoms with Gasteiger partial charge in [-0.25, -0.2) is 24.9 Å². The lowest BCUT2D eigenvalue weighted by atomic mass is 10.0. The van der Waals surface area contributed by atoms with Crippen molar-refractivity contribution in [2.24, 2.45) is 0 Å². The summed E-state index contributed by atoms with van der Waals surface area (Å²) >= 11 is 0. The summed E-state index contributed by atoms with van der Waals surface area (Å²) in [7, 11) is 0. The normalized spacial score (nSPS) is 11.6. The molecule has 0 aliphatic heterocycles. The van der Waals surface area contributed by atoms with Gasteiger partial charge >= 0.3 is 0 Å². The van der Waals surface area contributed by atoms with Gasteiger partial charge in [0.1, 0.15) is 16.8 Å². The minimum absolute atomic E-state index is 0.565. The van der Waals surface area contributed by atoms with E-state index in [1.807, 2.05) is 97.1 Å². The molecule has 4 aromatic heterocycles. The number of hydrogen-bond donors (Lipinski definition) is 0. The highest BCUT2D eigenvalue weighted by Gasteiger charge is 2.21. The molecule has 0 unspecified atom stereocenters. The van der Waals surface area contributed by atoms with Gasteiger partial charge in [0.15, 0.2) is 28.9 Å². The lowest BCUT2D eigenvalue weighted by Gasteiger charge is -2.10. The Morgan fingerprint density at radius 1 is 0.357 bits per heavy atom. The molecule has 0 fully saturated rings. The molecule has 0 aliphatic rings. The van der Waals surface area contributed by atoms with Crippen LogP contribution in [-0.2, 0) is 0 Å². The third-order valence-corrected chi connectivity index (χ3v) is 10.3. The van der Waals surface area contributed by atoms with Gasteiger partial charge in [0, 0.05) is 49.7 Å². The monoisotopic (exact) mass is 718 g/mol. The number of hydrogen-bond acceptors (Lipinski definition) is 6. The summed E-state index contributed by atoms with van der Waals surface area (Å²) in [4.78, 5) is 25.4. The molecular weight excluding hydrogens is 689 g/mol. The topological polar surface area (TPSA) is 82.5 Å². The molecular formula is C49H30N6O. The number of rotatable bonds is 6. The van der Waals surface area contributed by atoms with Crippen molar-refractivity contribution < 1.29 is 4.42 Å². The fraction of sp³-hybridized carbons (Fsp3) is 0. The zero-order valence-corrected chi connectivity index (χ0v) is 29.9. The SMILES string of the molecule is c1ccc(-c2nc(-c3ccccc3)nc(-c3cccc(-c4nc(-c5ccc6c(c5)c5ccccc5n6-c5ccccc5)nc5c4oc4ccccc45)c3)n2)cc1. The van der Waals surface area contributed by atoms with Crippen molar-refractivity contribution in [3.8, 4) is 62.5 Å². The zero-order valence-electron chi connectivity index (χ0n) is 29.9. The molecule has 7 heteroatoms. The van der Waals surface area contributed by atoms with E-state index < -0.39 is 0 Å². The molecule has 0 atom stereocenters.